The highest BCUT2D eigenvalue weighted by atomic mass is 35.5. The van der Waals surface area contributed by atoms with E-state index in [4.69, 9.17) is 21.1 Å². The molecule has 3 rings (SSSR count). The SMILES string of the molecule is CCOC1=C(C(=O)O)C(C)=CC(N2CCOC[C@H]2C)N1Cc1ccc(Cl)cc1. The average molecular weight is 407 g/mol. The number of halogens is 1. The largest absolute Gasteiger partial charge is 0.479 e. The summed E-state index contributed by atoms with van der Waals surface area (Å²) in [6.07, 6.45) is 1.91. The Morgan fingerprint density at radius 1 is 1.36 bits per heavy atom. The highest BCUT2D eigenvalue weighted by molar-refractivity contribution is 6.30. The molecule has 6 nitrogen and oxygen atoms in total. The first-order valence-corrected chi connectivity index (χ1v) is 9.94. The molecule has 1 saturated heterocycles. The van der Waals surface area contributed by atoms with Crippen LogP contribution in [0.3, 0.4) is 0 Å². The van der Waals surface area contributed by atoms with E-state index in [0.717, 1.165) is 12.1 Å². The maximum absolute atomic E-state index is 12.0. The molecule has 0 spiro atoms. The minimum Gasteiger partial charge on any atom is -0.479 e. The predicted molar refractivity (Wildman–Crippen MR) is 108 cm³/mol. The predicted octanol–water partition coefficient (Wildman–Crippen LogP) is 3.48. The minimum absolute atomic E-state index is 0.112. The van der Waals surface area contributed by atoms with Crippen LogP contribution in [0.1, 0.15) is 26.3 Å². The number of hydrogen-bond acceptors (Lipinski definition) is 5. The molecular formula is C21H27ClN2O4. The zero-order valence-corrected chi connectivity index (χ0v) is 17.3. The van der Waals surface area contributed by atoms with Crippen LogP contribution in [0.2, 0.25) is 5.02 Å². The highest BCUT2D eigenvalue weighted by Gasteiger charge is 2.37. The molecule has 0 saturated carbocycles. The van der Waals surface area contributed by atoms with Crippen LogP contribution >= 0.6 is 11.6 Å². The molecule has 1 aromatic rings. The van der Waals surface area contributed by atoms with E-state index in [9.17, 15) is 9.90 Å². The van der Waals surface area contributed by atoms with E-state index < -0.39 is 5.97 Å². The molecule has 0 aromatic heterocycles. The Labute approximate surface area is 171 Å². The van der Waals surface area contributed by atoms with Gasteiger partial charge in [0.15, 0.2) is 0 Å². The molecule has 0 bridgehead atoms. The molecule has 1 N–H and O–H groups in total. The van der Waals surface area contributed by atoms with Gasteiger partial charge in [0.1, 0.15) is 11.7 Å². The van der Waals surface area contributed by atoms with Gasteiger partial charge < -0.3 is 19.5 Å². The van der Waals surface area contributed by atoms with E-state index in [1.54, 1.807) is 0 Å². The number of carboxylic acid groups (broad SMARTS) is 1. The number of hydrogen-bond donors (Lipinski definition) is 1. The van der Waals surface area contributed by atoms with Crippen LogP contribution in [-0.4, -0.2) is 59.4 Å². The fraction of sp³-hybridized carbons (Fsp3) is 0.476. The van der Waals surface area contributed by atoms with Crippen LogP contribution in [0.15, 0.2) is 47.4 Å². The van der Waals surface area contributed by atoms with Gasteiger partial charge >= 0.3 is 5.97 Å². The Balaban J connectivity index is 2.03. The van der Waals surface area contributed by atoms with Gasteiger partial charge in [-0.05, 0) is 50.1 Å². The van der Waals surface area contributed by atoms with Gasteiger partial charge in [-0.2, -0.15) is 0 Å². The lowest BCUT2D eigenvalue weighted by Crippen LogP contribution is -2.56. The van der Waals surface area contributed by atoms with Crippen molar-refractivity contribution in [3.05, 3.63) is 58.0 Å². The summed E-state index contributed by atoms with van der Waals surface area (Å²) in [7, 11) is 0. The Morgan fingerprint density at radius 2 is 2.07 bits per heavy atom. The Bertz CT molecular complexity index is 775. The van der Waals surface area contributed by atoms with E-state index in [-0.39, 0.29) is 17.8 Å². The number of rotatable bonds is 6. The van der Waals surface area contributed by atoms with Crippen molar-refractivity contribution in [2.75, 3.05) is 26.4 Å². The van der Waals surface area contributed by atoms with Crippen molar-refractivity contribution >= 4 is 17.6 Å². The van der Waals surface area contributed by atoms with Gasteiger partial charge in [0.25, 0.3) is 0 Å². The number of carbonyl (C=O) groups is 1. The van der Waals surface area contributed by atoms with E-state index in [0.29, 0.717) is 42.8 Å². The zero-order valence-electron chi connectivity index (χ0n) is 16.5. The second-order valence-corrected chi connectivity index (χ2v) is 7.53. The summed E-state index contributed by atoms with van der Waals surface area (Å²) in [5.74, 6) is -0.569. The molecule has 2 aliphatic heterocycles. The molecule has 0 aliphatic carbocycles. The van der Waals surface area contributed by atoms with Gasteiger partial charge in [-0.1, -0.05) is 23.7 Å². The Morgan fingerprint density at radius 3 is 2.68 bits per heavy atom. The first-order chi connectivity index (χ1) is 13.4. The molecule has 0 amide bonds. The third kappa shape index (κ3) is 4.35. The fourth-order valence-electron chi connectivity index (χ4n) is 3.74. The number of benzene rings is 1. The normalized spacial score (nSPS) is 23.6. The summed E-state index contributed by atoms with van der Waals surface area (Å²) in [6.45, 7) is 8.81. The molecule has 2 atom stereocenters. The van der Waals surface area contributed by atoms with Crippen LogP contribution in [0.5, 0.6) is 0 Å². The number of morpholine rings is 1. The summed E-state index contributed by atoms with van der Waals surface area (Å²) < 4.78 is 11.5. The van der Waals surface area contributed by atoms with E-state index in [2.05, 4.69) is 11.8 Å². The minimum atomic E-state index is -0.980. The second kappa shape index (κ2) is 8.99. The summed E-state index contributed by atoms with van der Waals surface area (Å²) >= 11 is 6.03. The molecule has 1 aromatic carbocycles. The zero-order chi connectivity index (χ0) is 20.3. The smallest absolute Gasteiger partial charge is 0.341 e. The van der Waals surface area contributed by atoms with E-state index >= 15 is 0 Å². The topological polar surface area (TPSA) is 62.2 Å². The maximum atomic E-state index is 12.0. The quantitative estimate of drug-likeness (QED) is 0.780. The van der Waals surface area contributed by atoms with Crippen molar-refractivity contribution in [2.45, 2.75) is 39.5 Å². The van der Waals surface area contributed by atoms with Crippen molar-refractivity contribution in [3.8, 4) is 0 Å². The standard InChI is InChI=1S/C21H27ClN2O4/c1-4-28-20-19(21(25)26)14(2)11-18(23-9-10-27-13-15(23)3)24(20)12-16-5-7-17(22)8-6-16/h5-8,11,15,18H,4,9-10,12-13H2,1-3H3,(H,25,26)/t15-,18?/m1/s1. The van der Waals surface area contributed by atoms with Gasteiger partial charge in [0, 0.05) is 24.2 Å². The Hall–Kier alpha value is -2.02. The summed E-state index contributed by atoms with van der Waals surface area (Å²) in [5, 5.41) is 10.5. The average Bonchev–Trinajstić information content (AvgIpc) is 2.65. The first-order valence-electron chi connectivity index (χ1n) is 9.56. The molecule has 0 radical (unpaired) electrons. The monoisotopic (exact) mass is 406 g/mol. The molecule has 1 unspecified atom stereocenters. The number of nitrogens with zero attached hydrogens (tertiary/aromatic N) is 2. The number of ether oxygens (including phenoxy) is 2. The van der Waals surface area contributed by atoms with Crippen LogP contribution < -0.4 is 0 Å². The lowest BCUT2D eigenvalue weighted by molar-refractivity contribution is -0.133. The molecule has 1 fully saturated rings. The van der Waals surface area contributed by atoms with Crippen LogP contribution in [0.25, 0.3) is 0 Å². The summed E-state index contributed by atoms with van der Waals surface area (Å²) in [6, 6.07) is 7.81. The fourth-order valence-corrected chi connectivity index (χ4v) is 3.87. The molecular weight excluding hydrogens is 380 g/mol. The Kier molecular flexibility index (Phi) is 6.65. The van der Waals surface area contributed by atoms with E-state index in [1.807, 2.05) is 49.1 Å². The van der Waals surface area contributed by atoms with E-state index in [1.165, 1.54) is 0 Å². The molecule has 152 valence electrons. The maximum Gasteiger partial charge on any atom is 0.341 e. The summed E-state index contributed by atoms with van der Waals surface area (Å²) in [5.41, 5.74) is 1.96. The van der Waals surface area contributed by atoms with Crippen LogP contribution in [0.4, 0.5) is 0 Å². The van der Waals surface area contributed by atoms with Gasteiger partial charge in [0.2, 0.25) is 5.88 Å². The van der Waals surface area contributed by atoms with Crippen molar-refractivity contribution in [3.63, 3.8) is 0 Å². The van der Waals surface area contributed by atoms with Crippen LogP contribution in [0, 0.1) is 0 Å². The van der Waals surface area contributed by atoms with Gasteiger partial charge in [-0.25, -0.2) is 4.79 Å². The third-order valence-electron chi connectivity index (χ3n) is 5.11. The molecule has 2 aliphatic rings. The van der Waals surface area contributed by atoms with Gasteiger partial charge in [-0.3, -0.25) is 4.90 Å². The molecule has 2 heterocycles. The number of aliphatic carboxylic acids is 1. The van der Waals surface area contributed by atoms with Crippen molar-refractivity contribution in [1.82, 2.24) is 9.80 Å². The molecule has 28 heavy (non-hydrogen) atoms. The van der Waals surface area contributed by atoms with Crippen molar-refractivity contribution in [1.29, 1.82) is 0 Å². The van der Waals surface area contributed by atoms with Crippen molar-refractivity contribution in [2.24, 2.45) is 0 Å². The lowest BCUT2D eigenvalue weighted by atomic mass is 10.0. The van der Waals surface area contributed by atoms with Gasteiger partial charge in [-0.15, -0.1) is 0 Å². The summed E-state index contributed by atoms with van der Waals surface area (Å²) in [4.78, 5) is 16.4. The first kappa shape index (κ1) is 20.7. The molecule has 7 heteroatoms. The highest BCUT2D eigenvalue weighted by Crippen LogP contribution is 2.32. The van der Waals surface area contributed by atoms with Gasteiger partial charge in [0.05, 0.1) is 19.8 Å². The lowest BCUT2D eigenvalue weighted by Gasteiger charge is -2.46. The second-order valence-electron chi connectivity index (χ2n) is 7.10. The third-order valence-corrected chi connectivity index (χ3v) is 5.36. The van der Waals surface area contributed by atoms with Crippen molar-refractivity contribution < 1.29 is 19.4 Å². The van der Waals surface area contributed by atoms with Crippen LogP contribution in [-0.2, 0) is 20.8 Å². The number of carboxylic acids is 1.